The first-order valence-corrected chi connectivity index (χ1v) is 9.80. The van der Waals surface area contributed by atoms with Crippen molar-refractivity contribution in [2.75, 3.05) is 13.7 Å². The lowest BCUT2D eigenvalue weighted by Crippen LogP contribution is -2.29. The number of fused-ring (bicyclic) bond motifs is 1. The molecule has 8 heteroatoms. The summed E-state index contributed by atoms with van der Waals surface area (Å²) in [5.41, 5.74) is 3.17. The van der Waals surface area contributed by atoms with Crippen molar-refractivity contribution in [1.29, 1.82) is 0 Å². The molecule has 0 spiro atoms. The molecule has 2 aromatic rings. The highest BCUT2D eigenvalue weighted by Crippen LogP contribution is 2.31. The molecule has 0 fully saturated rings. The summed E-state index contributed by atoms with van der Waals surface area (Å²) in [6, 6.07) is 0. The van der Waals surface area contributed by atoms with Crippen LogP contribution in [0.25, 0.3) is 0 Å². The van der Waals surface area contributed by atoms with Gasteiger partial charge in [0.2, 0.25) is 0 Å². The normalized spacial score (nSPS) is 19.1. The van der Waals surface area contributed by atoms with Crippen LogP contribution in [-0.2, 0) is 29.0 Å². The molecule has 8 nitrogen and oxygen atoms in total. The molecule has 0 saturated heterocycles. The number of rotatable bonds is 7. The molecule has 2 aromatic heterocycles. The molecule has 0 bridgehead atoms. The lowest BCUT2D eigenvalue weighted by Gasteiger charge is -2.24. The van der Waals surface area contributed by atoms with Gasteiger partial charge in [0.1, 0.15) is 11.5 Å². The smallest absolute Gasteiger partial charge is 0.270 e. The second-order valence-electron chi connectivity index (χ2n) is 7.62. The molecule has 0 aliphatic carbocycles. The molecule has 0 unspecified atom stereocenters. The van der Waals surface area contributed by atoms with E-state index in [1.54, 1.807) is 11.8 Å². The lowest BCUT2D eigenvalue weighted by molar-refractivity contribution is -0.00716. The van der Waals surface area contributed by atoms with Crippen LogP contribution in [0.4, 0.5) is 0 Å². The number of aromatic nitrogens is 3. The van der Waals surface area contributed by atoms with Gasteiger partial charge in [-0.2, -0.15) is 5.10 Å². The van der Waals surface area contributed by atoms with Crippen LogP contribution in [0.3, 0.4) is 0 Å². The molecule has 0 aromatic carbocycles. The van der Waals surface area contributed by atoms with Crippen molar-refractivity contribution in [3.63, 3.8) is 0 Å². The summed E-state index contributed by atoms with van der Waals surface area (Å²) in [5.74, 6) is 1.39. The van der Waals surface area contributed by atoms with E-state index in [4.69, 9.17) is 13.9 Å². The number of hydrogen-bond donors (Lipinski definition) is 1. The number of aryl methyl sites for hydroxylation is 1. The monoisotopic (exact) mass is 390 g/mol. The van der Waals surface area contributed by atoms with Gasteiger partial charge in [-0.05, 0) is 20.8 Å². The van der Waals surface area contributed by atoms with Gasteiger partial charge in [0.25, 0.3) is 5.91 Å². The fourth-order valence-electron chi connectivity index (χ4n) is 3.49. The average molecular weight is 390 g/mol. The summed E-state index contributed by atoms with van der Waals surface area (Å²) in [4.78, 5) is 17.5. The van der Waals surface area contributed by atoms with Crippen LogP contribution >= 0.6 is 0 Å². The van der Waals surface area contributed by atoms with Crippen molar-refractivity contribution in [3.8, 4) is 0 Å². The zero-order valence-corrected chi connectivity index (χ0v) is 17.5. The van der Waals surface area contributed by atoms with Gasteiger partial charge in [-0.25, -0.2) is 4.98 Å². The highest BCUT2D eigenvalue weighted by Gasteiger charge is 2.32. The molecule has 1 aliphatic heterocycles. The fraction of sp³-hybridized carbons (Fsp3) is 0.650. The van der Waals surface area contributed by atoms with E-state index >= 15 is 0 Å². The Labute approximate surface area is 165 Å². The summed E-state index contributed by atoms with van der Waals surface area (Å²) in [7, 11) is 1.63. The molecule has 28 heavy (non-hydrogen) atoms. The Morgan fingerprint density at radius 3 is 2.79 bits per heavy atom. The fourth-order valence-corrected chi connectivity index (χ4v) is 3.49. The highest BCUT2D eigenvalue weighted by molar-refractivity contribution is 5.94. The van der Waals surface area contributed by atoms with Crippen molar-refractivity contribution < 1.29 is 18.7 Å². The van der Waals surface area contributed by atoms with Gasteiger partial charge in [0, 0.05) is 25.0 Å². The van der Waals surface area contributed by atoms with Crippen LogP contribution in [0.1, 0.15) is 78.8 Å². The number of nitrogens with one attached hydrogen (secondary N) is 1. The van der Waals surface area contributed by atoms with E-state index in [-0.39, 0.29) is 30.6 Å². The Morgan fingerprint density at radius 2 is 2.14 bits per heavy atom. The van der Waals surface area contributed by atoms with Crippen molar-refractivity contribution >= 4 is 5.91 Å². The first-order chi connectivity index (χ1) is 13.3. The minimum absolute atomic E-state index is 0.0410. The topological polar surface area (TPSA) is 91.4 Å². The number of nitrogens with zero attached hydrogens (tertiary/aromatic N) is 3. The van der Waals surface area contributed by atoms with Crippen molar-refractivity contribution in [2.45, 2.75) is 72.3 Å². The third-order valence-corrected chi connectivity index (χ3v) is 4.93. The van der Waals surface area contributed by atoms with E-state index < -0.39 is 0 Å². The summed E-state index contributed by atoms with van der Waals surface area (Å²) in [6.07, 6.45) is 0.562. The molecule has 154 valence electrons. The zero-order valence-electron chi connectivity index (χ0n) is 17.5. The first kappa shape index (κ1) is 20.5. The number of carbonyl (C=O) groups is 1. The molecule has 0 saturated carbocycles. The van der Waals surface area contributed by atoms with E-state index in [2.05, 4.69) is 15.4 Å². The van der Waals surface area contributed by atoms with Gasteiger partial charge < -0.3 is 19.2 Å². The minimum atomic E-state index is -0.173. The van der Waals surface area contributed by atoms with Crippen LogP contribution in [-0.4, -0.2) is 40.5 Å². The van der Waals surface area contributed by atoms with Gasteiger partial charge >= 0.3 is 0 Å². The summed E-state index contributed by atoms with van der Waals surface area (Å²) < 4.78 is 18.6. The van der Waals surface area contributed by atoms with E-state index in [0.717, 1.165) is 17.0 Å². The molecule has 1 amide bonds. The van der Waals surface area contributed by atoms with Gasteiger partial charge in [-0.1, -0.05) is 13.8 Å². The van der Waals surface area contributed by atoms with Gasteiger partial charge in [0.15, 0.2) is 5.89 Å². The largest absolute Gasteiger partial charge is 0.443 e. The van der Waals surface area contributed by atoms with Gasteiger partial charge in [-0.3, -0.25) is 9.48 Å². The number of carbonyl (C=O) groups excluding carboxylic acids is 1. The standard InChI is InChI=1S/C20H30N4O4/c1-11(2)20-22-13(4)16(28-20)10-21-19(25)18-15-9-12(3)27-14(5)17(15)23-24(18)7-8-26-6/h11-12,14H,7-10H2,1-6H3,(H,21,25)/t12-,14+/m0/s1. The maximum atomic E-state index is 13.1. The Balaban J connectivity index is 1.84. The Bertz CT molecular complexity index is 840. The predicted molar refractivity (Wildman–Crippen MR) is 103 cm³/mol. The summed E-state index contributed by atoms with van der Waals surface area (Å²) in [6.45, 7) is 11.2. The maximum absolute atomic E-state index is 13.1. The average Bonchev–Trinajstić information content (AvgIpc) is 3.18. The van der Waals surface area contributed by atoms with Crippen LogP contribution in [0, 0.1) is 6.92 Å². The quantitative estimate of drug-likeness (QED) is 0.782. The number of ether oxygens (including phenoxy) is 2. The van der Waals surface area contributed by atoms with E-state index in [1.807, 2.05) is 34.6 Å². The van der Waals surface area contributed by atoms with Crippen LogP contribution < -0.4 is 5.32 Å². The Kier molecular flexibility index (Phi) is 6.20. The number of oxazole rings is 1. The molecular weight excluding hydrogens is 360 g/mol. The van der Waals surface area contributed by atoms with Gasteiger partial charge in [0.05, 0.1) is 43.3 Å². The highest BCUT2D eigenvalue weighted by atomic mass is 16.5. The second-order valence-corrected chi connectivity index (χ2v) is 7.62. The summed E-state index contributed by atoms with van der Waals surface area (Å²) >= 11 is 0. The SMILES string of the molecule is COCCn1nc2c(c1C(=O)NCc1oc(C(C)C)nc1C)C[C@H](C)O[C@@H]2C. The molecule has 0 radical (unpaired) electrons. The molecule has 3 heterocycles. The second kappa shape index (κ2) is 8.45. The Morgan fingerprint density at radius 1 is 1.39 bits per heavy atom. The van der Waals surface area contributed by atoms with E-state index in [9.17, 15) is 4.79 Å². The first-order valence-electron chi connectivity index (χ1n) is 9.80. The van der Waals surface area contributed by atoms with Crippen LogP contribution in [0.15, 0.2) is 4.42 Å². The third-order valence-electron chi connectivity index (χ3n) is 4.93. The molecule has 1 aliphatic rings. The molecule has 1 N–H and O–H groups in total. The number of amides is 1. The Hall–Kier alpha value is -2.19. The summed E-state index contributed by atoms with van der Waals surface area (Å²) in [5, 5.41) is 7.62. The molecular formula is C20H30N4O4. The number of methoxy groups -OCH3 is 1. The molecule has 2 atom stereocenters. The van der Waals surface area contributed by atoms with Crippen LogP contribution in [0.5, 0.6) is 0 Å². The van der Waals surface area contributed by atoms with Crippen molar-refractivity contribution in [2.24, 2.45) is 0 Å². The van der Waals surface area contributed by atoms with Crippen molar-refractivity contribution in [1.82, 2.24) is 20.1 Å². The van der Waals surface area contributed by atoms with E-state index in [0.29, 0.717) is 36.9 Å². The number of hydrogen-bond acceptors (Lipinski definition) is 6. The lowest BCUT2D eigenvalue weighted by atomic mass is 9.99. The maximum Gasteiger partial charge on any atom is 0.270 e. The third kappa shape index (κ3) is 4.12. The van der Waals surface area contributed by atoms with E-state index in [1.165, 1.54) is 0 Å². The van der Waals surface area contributed by atoms with Gasteiger partial charge in [-0.15, -0.1) is 0 Å². The minimum Gasteiger partial charge on any atom is -0.443 e. The zero-order chi connectivity index (χ0) is 20.4. The molecule has 3 rings (SSSR count). The predicted octanol–water partition coefficient (Wildman–Crippen LogP) is 2.90. The van der Waals surface area contributed by atoms with Crippen LogP contribution in [0.2, 0.25) is 0 Å². The van der Waals surface area contributed by atoms with Crippen molar-refractivity contribution in [3.05, 3.63) is 34.3 Å².